The molecule has 0 aromatic carbocycles. The summed E-state index contributed by atoms with van der Waals surface area (Å²) in [4.78, 5) is 1.23. The number of ether oxygens (including phenoxy) is 1. The number of hydrogen-bond donors (Lipinski definition) is 1. The Kier molecular flexibility index (Phi) is 4.77. The van der Waals surface area contributed by atoms with Crippen LogP contribution in [0.15, 0.2) is 15.9 Å². The monoisotopic (exact) mass is 291 g/mol. The summed E-state index contributed by atoms with van der Waals surface area (Å²) in [6.45, 7) is 4.17. The van der Waals surface area contributed by atoms with Gasteiger partial charge in [0.25, 0.3) is 0 Å². The van der Waals surface area contributed by atoms with Gasteiger partial charge in [0.05, 0.1) is 5.60 Å². The van der Waals surface area contributed by atoms with E-state index >= 15 is 0 Å². The van der Waals surface area contributed by atoms with Crippen LogP contribution in [0, 0.1) is 0 Å². The Hall–Kier alpha value is 0.1000. The molecule has 15 heavy (non-hydrogen) atoms. The van der Waals surface area contributed by atoms with Crippen molar-refractivity contribution in [2.75, 3.05) is 7.11 Å². The molecule has 2 nitrogen and oxygen atoms in total. The first-order chi connectivity index (χ1) is 6.94. The van der Waals surface area contributed by atoms with Gasteiger partial charge in [0.2, 0.25) is 0 Å². The molecule has 1 unspecified atom stereocenters. The molecule has 0 amide bonds. The molecule has 1 atom stereocenters. The molecule has 0 fully saturated rings. The zero-order valence-corrected chi connectivity index (χ0v) is 11.8. The number of methoxy groups -OCH3 is 1. The summed E-state index contributed by atoms with van der Waals surface area (Å²) >= 11 is 5.14. The van der Waals surface area contributed by atoms with E-state index in [1.54, 1.807) is 18.4 Å². The summed E-state index contributed by atoms with van der Waals surface area (Å²) in [5.74, 6) is 0. The van der Waals surface area contributed by atoms with E-state index in [1.807, 2.05) is 0 Å². The molecule has 86 valence electrons. The van der Waals surface area contributed by atoms with E-state index in [-0.39, 0.29) is 11.6 Å². The van der Waals surface area contributed by atoms with Gasteiger partial charge in [-0.3, -0.25) is 0 Å². The van der Waals surface area contributed by atoms with Gasteiger partial charge >= 0.3 is 0 Å². The van der Waals surface area contributed by atoms with Crippen LogP contribution in [0.2, 0.25) is 0 Å². The second-order valence-corrected chi connectivity index (χ2v) is 6.13. The highest BCUT2D eigenvalue weighted by atomic mass is 79.9. The summed E-state index contributed by atoms with van der Waals surface area (Å²) in [7, 11) is 1.74. The predicted octanol–water partition coefficient (Wildman–Crippen LogP) is 3.72. The maximum Gasteiger partial charge on any atom is 0.0623 e. The lowest BCUT2D eigenvalue weighted by atomic mass is 9.99. The van der Waals surface area contributed by atoms with E-state index in [1.165, 1.54) is 4.88 Å². The van der Waals surface area contributed by atoms with E-state index < -0.39 is 0 Å². The largest absolute Gasteiger partial charge is 0.379 e. The first-order valence-electron chi connectivity index (χ1n) is 4.99. The average Bonchev–Trinajstić information content (AvgIpc) is 2.61. The van der Waals surface area contributed by atoms with Gasteiger partial charge in [-0.15, -0.1) is 11.3 Å². The number of thiophene rings is 1. The first kappa shape index (κ1) is 13.2. The van der Waals surface area contributed by atoms with Crippen molar-refractivity contribution >= 4 is 27.3 Å². The van der Waals surface area contributed by atoms with E-state index in [4.69, 9.17) is 10.5 Å². The third-order valence-electron chi connectivity index (χ3n) is 2.56. The maximum absolute atomic E-state index is 6.10. The molecule has 0 spiro atoms. The summed E-state index contributed by atoms with van der Waals surface area (Å²) < 4.78 is 6.48. The van der Waals surface area contributed by atoms with Gasteiger partial charge in [-0.25, -0.2) is 0 Å². The van der Waals surface area contributed by atoms with Crippen molar-refractivity contribution in [2.45, 2.75) is 38.3 Å². The summed E-state index contributed by atoms with van der Waals surface area (Å²) in [5, 5.41) is 2.07. The SMILES string of the molecule is COC(C)(C)CCC(N)c1cc(Br)cs1. The lowest BCUT2D eigenvalue weighted by molar-refractivity contribution is 0.0125. The molecule has 0 saturated heterocycles. The second-order valence-electron chi connectivity index (χ2n) is 4.28. The molecule has 4 heteroatoms. The summed E-state index contributed by atoms with van der Waals surface area (Å²) in [5.41, 5.74) is 6.03. The Morgan fingerprint density at radius 1 is 1.60 bits per heavy atom. The molecule has 1 rings (SSSR count). The van der Waals surface area contributed by atoms with E-state index in [0.29, 0.717) is 0 Å². The van der Waals surface area contributed by atoms with Crippen LogP contribution in [0.3, 0.4) is 0 Å². The van der Waals surface area contributed by atoms with E-state index in [9.17, 15) is 0 Å². The maximum atomic E-state index is 6.10. The fourth-order valence-corrected chi connectivity index (χ4v) is 2.75. The fourth-order valence-electron chi connectivity index (χ4n) is 1.27. The van der Waals surface area contributed by atoms with Gasteiger partial charge in [0.1, 0.15) is 0 Å². The highest BCUT2D eigenvalue weighted by molar-refractivity contribution is 9.10. The van der Waals surface area contributed by atoms with Crippen LogP contribution in [-0.2, 0) is 4.74 Å². The molecule has 2 N–H and O–H groups in total. The fraction of sp³-hybridized carbons (Fsp3) is 0.636. The lowest BCUT2D eigenvalue weighted by Crippen LogP contribution is -2.24. The lowest BCUT2D eigenvalue weighted by Gasteiger charge is -2.24. The molecule has 0 radical (unpaired) electrons. The third-order valence-corrected chi connectivity index (χ3v) is 4.39. The number of halogens is 1. The van der Waals surface area contributed by atoms with Crippen LogP contribution >= 0.6 is 27.3 Å². The number of rotatable bonds is 5. The first-order valence-corrected chi connectivity index (χ1v) is 6.66. The molecule has 0 aliphatic rings. The Bertz CT molecular complexity index is 311. The second kappa shape index (κ2) is 5.43. The van der Waals surface area contributed by atoms with Crippen molar-refractivity contribution in [2.24, 2.45) is 5.73 Å². The summed E-state index contributed by atoms with van der Waals surface area (Å²) in [6.07, 6.45) is 1.92. The van der Waals surface area contributed by atoms with Crippen LogP contribution < -0.4 is 5.73 Å². The van der Waals surface area contributed by atoms with Crippen LogP contribution in [0.1, 0.15) is 37.6 Å². The molecule has 0 saturated carbocycles. The van der Waals surface area contributed by atoms with Crippen LogP contribution in [0.5, 0.6) is 0 Å². The minimum atomic E-state index is -0.0773. The predicted molar refractivity (Wildman–Crippen MR) is 69.3 cm³/mol. The molecule has 0 aliphatic heterocycles. The van der Waals surface area contributed by atoms with Crippen molar-refractivity contribution in [3.8, 4) is 0 Å². The normalized spacial score (nSPS) is 14.2. The van der Waals surface area contributed by atoms with Gasteiger partial charge in [-0.05, 0) is 48.7 Å². The minimum Gasteiger partial charge on any atom is -0.379 e. The zero-order chi connectivity index (χ0) is 11.5. The zero-order valence-electron chi connectivity index (χ0n) is 9.42. The van der Waals surface area contributed by atoms with Gasteiger partial charge in [-0.2, -0.15) is 0 Å². The minimum absolute atomic E-state index is 0.0773. The van der Waals surface area contributed by atoms with Crippen molar-refractivity contribution < 1.29 is 4.74 Å². The van der Waals surface area contributed by atoms with Gasteiger partial charge < -0.3 is 10.5 Å². The molecular formula is C11H18BrNOS. The van der Waals surface area contributed by atoms with Crippen molar-refractivity contribution in [3.63, 3.8) is 0 Å². The number of hydrogen-bond acceptors (Lipinski definition) is 3. The molecule has 0 aliphatic carbocycles. The summed E-state index contributed by atoms with van der Waals surface area (Å²) in [6, 6.07) is 2.21. The van der Waals surface area contributed by atoms with Crippen LogP contribution in [-0.4, -0.2) is 12.7 Å². The van der Waals surface area contributed by atoms with Gasteiger partial charge in [-0.1, -0.05) is 0 Å². The Morgan fingerprint density at radius 2 is 2.27 bits per heavy atom. The molecule has 1 heterocycles. The quantitative estimate of drug-likeness (QED) is 0.897. The smallest absolute Gasteiger partial charge is 0.0623 e. The third kappa shape index (κ3) is 4.23. The van der Waals surface area contributed by atoms with Crippen LogP contribution in [0.25, 0.3) is 0 Å². The van der Waals surface area contributed by atoms with Crippen LogP contribution in [0.4, 0.5) is 0 Å². The standard InChI is InChI=1S/C11H18BrNOS/c1-11(2,14-3)5-4-9(13)10-6-8(12)7-15-10/h6-7,9H,4-5,13H2,1-3H3. The Labute approximate surface area is 104 Å². The highest BCUT2D eigenvalue weighted by Crippen LogP contribution is 2.28. The Morgan fingerprint density at radius 3 is 2.73 bits per heavy atom. The average molecular weight is 292 g/mol. The van der Waals surface area contributed by atoms with Crippen molar-refractivity contribution in [1.82, 2.24) is 0 Å². The van der Waals surface area contributed by atoms with E-state index in [2.05, 4.69) is 41.2 Å². The van der Waals surface area contributed by atoms with Gasteiger partial charge in [0, 0.05) is 27.9 Å². The highest BCUT2D eigenvalue weighted by Gasteiger charge is 2.18. The molecule has 1 aromatic rings. The molecule has 0 bridgehead atoms. The number of nitrogens with two attached hydrogens (primary N) is 1. The van der Waals surface area contributed by atoms with E-state index in [0.717, 1.165) is 17.3 Å². The van der Waals surface area contributed by atoms with Crippen molar-refractivity contribution in [1.29, 1.82) is 0 Å². The topological polar surface area (TPSA) is 35.2 Å². The van der Waals surface area contributed by atoms with Gasteiger partial charge in [0.15, 0.2) is 0 Å². The molecule has 1 aromatic heterocycles. The molecular weight excluding hydrogens is 274 g/mol. The van der Waals surface area contributed by atoms with Crippen molar-refractivity contribution in [3.05, 3.63) is 20.8 Å². The Balaban J connectivity index is 2.46.